The average Bonchev–Trinajstić information content (AvgIpc) is 3.27. The van der Waals surface area contributed by atoms with Gasteiger partial charge in [-0.2, -0.15) is 0 Å². The zero-order chi connectivity index (χ0) is 13.2. The lowest BCUT2D eigenvalue weighted by Gasteiger charge is -2.35. The second-order valence-electron chi connectivity index (χ2n) is 5.46. The van der Waals surface area contributed by atoms with Crippen LogP contribution in [0.25, 0.3) is 0 Å². The lowest BCUT2D eigenvalue weighted by Crippen LogP contribution is -2.45. The minimum absolute atomic E-state index is 0.277. The first-order valence-corrected chi connectivity index (χ1v) is 7.08. The van der Waals surface area contributed by atoms with E-state index in [2.05, 4.69) is 10.2 Å². The molecule has 104 valence electrons. The van der Waals surface area contributed by atoms with Crippen LogP contribution in [0, 0.1) is 11.7 Å². The quantitative estimate of drug-likeness (QED) is 0.902. The zero-order valence-corrected chi connectivity index (χ0v) is 11.4. The molecule has 1 aromatic rings. The van der Waals surface area contributed by atoms with Gasteiger partial charge in [0.05, 0.1) is 7.11 Å². The smallest absolute Gasteiger partial charge is 0.165 e. The van der Waals surface area contributed by atoms with Gasteiger partial charge in [0.25, 0.3) is 0 Å². The van der Waals surface area contributed by atoms with Crippen molar-refractivity contribution in [2.75, 3.05) is 33.3 Å². The van der Waals surface area contributed by atoms with Crippen LogP contribution in [0.3, 0.4) is 0 Å². The largest absolute Gasteiger partial charge is 0.494 e. The Hall–Kier alpha value is -1.13. The van der Waals surface area contributed by atoms with Crippen LogP contribution in [-0.4, -0.2) is 38.2 Å². The Bertz CT molecular complexity index is 442. The molecule has 0 aromatic heterocycles. The zero-order valence-electron chi connectivity index (χ0n) is 11.4. The SMILES string of the molecule is COc1cc([C@@H](C2CC2)N2CCNCC2)ccc1F. The molecule has 2 fully saturated rings. The minimum atomic E-state index is -0.277. The molecule has 1 heterocycles. The number of ether oxygens (including phenoxy) is 1. The minimum Gasteiger partial charge on any atom is -0.494 e. The van der Waals surface area contributed by atoms with Gasteiger partial charge in [-0.05, 0) is 36.5 Å². The summed E-state index contributed by atoms with van der Waals surface area (Å²) in [6.07, 6.45) is 2.57. The Morgan fingerprint density at radius 3 is 2.68 bits per heavy atom. The van der Waals surface area contributed by atoms with Gasteiger partial charge in [-0.1, -0.05) is 6.07 Å². The van der Waals surface area contributed by atoms with Crippen molar-refractivity contribution in [1.82, 2.24) is 10.2 Å². The van der Waals surface area contributed by atoms with Gasteiger partial charge >= 0.3 is 0 Å². The van der Waals surface area contributed by atoms with Crippen molar-refractivity contribution in [3.8, 4) is 5.75 Å². The number of halogens is 1. The van der Waals surface area contributed by atoms with Crippen molar-refractivity contribution in [3.63, 3.8) is 0 Å². The third kappa shape index (κ3) is 2.74. The molecular weight excluding hydrogens is 243 g/mol. The molecule has 3 nitrogen and oxygen atoms in total. The van der Waals surface area contributed by atoms with Crippen molar-refractivity contribution in [2.24, 2.45) is 5.92 Å². The number of hydrogen-bond donors (Lipinski definition) is 1. The first-order valence-electron chi connectivity index (χ1n) is 7.08. The van der Waals surface area contributed by atoms with Gasteiger partial charge in [0.1, 0.15) is 0 Å². The molecule has 0 radical (unpaired) electrons. The van der Waals surface area contributed by atoms with Crippen LogP contribution in [0.4, 0.5) is 4.39 Å². The molecule has 1 aliphatic carbocycles. The molecule has 1 N–H and O–H groups in total. The first kappa shape index (κ1) is 12.9. The molecule has 0 bridgehead atoms. The summed E-state index contributed by atoms with van der Waals surface area (Å²) in [6.45, 7) is 4.23. The van der Waals surface area contributed by atoms with Crippen molar-refractivity contribution in [1.29, 1.82) is 0 Å². The highest BCUT2D eigenvalue weighted by Crippen LogP contribution is 2.45. The van der Waals surface area contributed by atoms with Crippen LogP contribution in [0.2, 0.25) is 0 Å². The second kappa shape index (κ2) is 5.47. The van der Waals surface area contributed by atoms with E-state index < -0.39 is 0 Å². The van der Waals surface area contributed by atoms with E-state index in [0.29, 0.717) is 11.8 Å². The summed E-state index contributed by atoms with van der Waals surface area (Å²) in [4.78, 5) is 2.53. The van der Waals surface area contributed by atoms with Gasteiger partial charge < -0.3 is 10.1 Å². The highest BCUT2D eigenvalue weighted by atomic mass is 19.1. The van der Waals surface area contributed by atoms with Gasteiger partial charge in [-0.3, -0.25) is 4.90 Å². The fourth-order valence-corrected chi connectivity index (χ4v) is 3.01. The Kier molecular flexibility index (Phi) is 3.71. The number of piperazine rings is 1. The Balaban J connectivity index is 1.86. The van der Waals surface area contributed by atoms with Gasteiger partial charge in [0.15, 0.2) is 11.6 Å². The molecule has 1 saturated heterocycles. The molecule has 0 unspecified atom stereocenters. The topological polar surface area (TPSA) is 24.5 Å². The van der Waals surface area contributed by atoms with Crippen molar-refractivity contribution in [2.45, 2.75) is 18.9 Å². The average molecular weight is 264 g/mol. The fourth-order valence-electron chi connectivity index (χ4n) is 3.01. The molecule has 1 aliphatic heterocycles. The third-order valence-electron chi connectivity index (χ3n) is 4.13. The molecule has 4 heteroatoms. The maximum atomic E-state index is 13.5. The van der Waals surface area contributed by atoms with Crippen molar-refractivity contribution < 1.29 is 9.13 Å². The molecule has 1 aromatic carbocycles. The number of methoxy groups -OCH3 is 1. The molecule has 0 amide bonds. The summed E-state index contributed by atoms with van der Waals surface area (Å²) in [5, 5.41) is 3.39. The highest BCUT2D eigenvalue weighted by molar-refractivity contribution is 5.33. The van der Waals surface area contributed by atoms with E-state index in [1.807, 2.05) is 12.1 Å². The molecule has 2 aliphatic rings. The predicted molar refractivity (Wildman–Crippen MR) is 72.9 cm³/mol. The van der Waals surface area contributed by atoms with Gasteiger partial charge in [0, 0.05) is 32.2 Å². The number of benzene rings is 1. The first-order chi connectivity index (χ1) is 9.29. The molecule has 0 spiro atoms. The van der Waals surface area contributed by atoms with E-state index in [1.165, 1.54) is 31.6 Å². The van der Waals surface area contributed by atoms with E-state index >= 15 is 0 Å². The lowest BCUT2D eigenvalue weighted by atomic mass is 9.99. The number of hydrogen-bond acceptors (Lipinski definition) is 3. The lowest BCUT2D eigenvalue weighted by molar-refractivity contribution is 0.156. The summed E-state index contributed by atoms with van der Waals surface area (Å²) in [5.41, 5.74) is 1.20. The maximum absolute atomic E-state index is 13.5. The summed E-state index contributed by atoms with van der Waals surface area (Å²) in [7, 11) is 1.53. The normalized spacial score (nSPS) is 22.2. The maximum Gasteiger partial charge on any atom is 0.165 e. The van der Waals surface area contributed by atoms with Crippen LogP contribution in [0.5, 0.6) is 5.75 Å². The van der Waals surface area contributed by atoms with E-state index in [4.69, 9.17) is 4.74 Å². The molecule has 19 heavy (non-hydrogen) atoms. The van der Waals surface area contributed by atoms with Crippen LogP contribution in [0.15, 0.2) is 18.2 Å². The summed E-state index contributed by atoms with van der Waals surface area (Å²) < 4.78 is 18.7. The van der Waals surface area contributed by atoms with E-state index in [1.54, 1.807) is 0 Å². The van der Waals surface area contributed by atoms with Gasteiger partial charge in [-0.15, -0.1) is 0 Å². The Labute approximate surface area is 113 Å². The van der Waals surface area contributed by atoms with E-state index in [0.717, 1.165) is 32.1 Å². The Morgan fingerprint density at radius 2 is 2.05 bits per heavy atom. The van der Waals surface area contributed by atoms with Gasteiger partial charge in [0.2, 0.25) is 0 Å². The number of nitrogens with one attached hydrogen (secondary N) is 1. The van der Waals surface area contributed by atoms with Crippen LogP contribution >= 0.6 is 0 Å². The third-order valence-corrected chi connectivity index (χ3v) is 4.13. The standard InChI is InChI=1S/C15H21FN2O/c1-19-14-10-12(4-5-13(14)16)15(11-2-3-11)18-8-6-17-7-9-18/h4-5,10-11,15,17H,2-3,6-9H2,1H3/t15-/m1/s1. The van der Waals surface area contributed by atoms with Crippen LogP contribution < -0.4 is 10.1 Å². The number of nitrogens with zero attached hydrogens (tertiary/aromatic N) is 1. The molecule has 1 atom stereocenters. The van der Waals surface area contributed by atoms with E-state index in [-0.39, 0.29) is 5.82 Å². The summed E-state index contributed by atoms with van der Waals surface area (Å²) in [6, 6.07) is 5.76. The van der Waals surface area contributed by atoms with Crippen LogP contribution in [-0.2, 0) is 0 Å². The molecular formula is C15H21FN2O. The molecule has 3 rings (SSSR count). The Morgan fingerprint density at radius 1 is 1.32 bits per heavy atom. The number of rotatable bonds is 4. The highest BCUT2D eigenvalue weighted by Gasteiger charge is 2.36. The second-order valence-corrected chi connectivity index (χ2v) is 5.46. The predicted octanol–water partition coefficient (Wildman–Crippen LogP) is 2.19. The summed E-state index contributed by atoms with van der Waals surface area (Å²) in [5.74, 6) is 0.813. The molecule has 1 saturated carbocycles. The van der Waals surface area contributed by atoms with Gasteiger partial charge in [-0.25, -0.2) is 4.39 Å². The fraction of sp³-hybridized carbons (Fsp3) is 0.600. The van der Waals surface area contributed by atoms with Crippen LogP contribution in [0.1, 0.15) is 24.4 Å². The summed E-state index contributed by atoms with van der Waals surface area (Å²) >= 11 is 0. The van der Waals surface area contributed by atoms with E-state index in [9.17, 15) is 4.39 Å². The van der Waals surface area contributed by atoms with Crippen molar-refractivity contribution >= 4 is 0 Å². The monoisotopic (exact) mass is 264 g/mol. The van der Waals surface area contributed by atoms with Crippen molar-refractivity contribution in [3.05, 3.63) is 29.6 Å².